The van der Waals surface area contributed by atoms with E-state index < -0.39 is 5.69 Å². The van der Waals surface area contributed by atoms with Gasteiger partial charge in [0.2, 0.25) is 23.7 Å². The van der Waals surface area contributed by atoms with Gasteiger partial charge in [-0.25, -0.2) is 9.47 Å². The van der Waals surface area contributed by atoms with E-state index in [-0.39, 0.29) is 11.8 Å². The molecule has 2 heterocycles. The fourth-order valence-corrected chi connectivity index (χ4v) is 3.73. The Morgan fingerprint density at radius 2 is 1.39 bits per heavy atom. The van der Waals surface area contributed by atoms with E-state index in [2.05, 4.69) is 79.0 Å². The SMILES string of the molecule is CCN(CC)Cc1ccc(CNc2nc(NCc3ccc(OC)cc3)nc(Nn3cc(O)[nH]c3=O)n2)cc1. The number of aromatic nitrogens is 5. The molecule has 12 heteroatoms. The Hall–Kier alpha value is -4.58. The highest BCUT2D eigenvalue weighted by Crippen LogP contribution is 2.15. The highest BCUT2D eigenvalue weighted by molar-refractivity contribution is 5.43. The normalized spacial score (nSPS) is 10.9. The number of methoxy groups -OCH3 is 1. The summed E-state index contributed by atoms with van der Waals surface area (Å²) in [5.74, 6) is 1.24. The first-order chi connectivity index (χ1) is 18.4. The molecule has 0 fully saturated rings. The molecule has 0 spiro atoms. The molecule has 5 N–H and O–H groups in total. The summed E-state index contributed by atoms with van der Waals surface area (Å²) in [7, 11) is 1.62. The van der Waals surface area contributed by atoms with Crippen molar-refractivity contribution >= 4 is 17.8 Å². The summed E-state index contributed by atoms with van der Waals surface area (Å²) in [4.78, 5) is 29.9. The molecular formula is C26H33N9O3. The Morgan fingerprint density at radius 3 is 1.89 bits per heavy atom. The summed E-state index contributed by atoms with van der Waals surface area (Å²) in [6.07, 6.45) is 1.20. The van der Waals surface area contributed by atoms with Gasteiger partial charge in [-0.2, -0.15) is 15.0 Å². The average Bonchev–Trinajstić information content (AvgIpc) is 3.26. The Kier molecular flexibility index (Phi) is 8.77. The number of anilines is 3. The first-order valence-electron chi connectivity index (χ1n) is 12.4. The van der Waals surface area contributed by atoms with Gasteiger partial charge < -0.3 is 20.5 Å². The number of aromatic hydroxyl groups is 1. The van der Waals surface area contributed by atoms with E-state index in [9.17, 15) is 9.90 Å². The lowest BCUT2D eigenvalue weighted by molar-refractivity contribution is 0.296. The molecule has 200 valence electrons. The molecule has 0 amide bonds. The van der Waals surface area contributed by atoms with Gasteiger partial charge in [0.15, 0.2) is 0 Å². The van der Waals surface area contributed by atoms with Crippen molar-refractivity contribution in [1.29, 1.82) is 0 Å². The fourth-order valence-electron chi connectivity index (χ4n) is 3.73. The molecule has 0 saturated heterocycles. The molecule has 0 radical (unpaired) electrons. The van der Waals surface area contributed by atoms with Crippen molar-refractivity contribution in [1.82, 2.24) is 29.5 Å². The average molecular weight is 520 g/mol. The van der Waals surface area contributed by atoms with Crippen LogP contribution in [-0.4, -0.2) is 54.8 Å². The van der Waals surface area contributed by atoms with Crippen molar-refractivity contribution in [2.45, 2.75) is 33.5 Å². The number of nitrogens with zero attached hydrogens (tertiary/aromatic N) is 5. The maximum absolute atomic E-state index is 12.0. The summed E-state index contributed by atoms with van der Waals surface area (Å²) >= 11 is 0. The maximum atomic E-state index is 12.0. The van der Waals surface area contributed by atoms with Gasteiger partial charge in [0.25, 0.3) is 0 Å². The third-order valence-electron chi connectivity index (χ3n) is 5.94. The quantitative estimate of drug-likeness (QED) is 0.179. The number of rotatable bonds is 13. The van der Waals surface area contributed by atoms with E-state index in [1.165, 1.54) is 11.8 Å². The second-order valence-electron chi connectivity index (χ2n) is 8.57. The van der Waals surface area contributed by atoms with Crippen LogP contribution in [0.3, 0.4) is 0 Å². The van der Waals surface area contributed by atoms with E-state index in [1.807, 2.05) is 24.3 Å². The predicted molar refractivity (Wildman–Crippen MR) is 146 cm³/mol. The zero-order valence-electron chi connectivity index (χ0n) is 21.7. The summed E-state index contributed by atoms with van der Waals surface area (Å²) in [5.41, 5.74) is 5.55. The maximum Gasteiger partial charge on any atom is 0.347 e. The van der Waals surface area contributed by atoms with E-state index in [1.54, 1.807) is 7.11 Å². The van der Waals surface area contributed by atoms with Gasteiger partial charge in [-0.15, -0.1) is 0 Å². The van der Waals surface area contributed by atoms with E-state index in [0.717, 1.165) is 41.2 Å². The number of hydrogen-bond acceptors (Lipinski definition) is 10. The topological polar surface area (TPSA) is 145 Å². The number of benzene rings is 2. The summed E-state index contributed by atoms with van der Waals surface area (Å²) < 4.78 is 6.26. The van der Waals surface area contributed by atoms with Crippen LogP contribution in [0.5, 0.6) is 11.6 Å². The molecule has 2 aromatic carbocycles. The molecule has 4 rings (SSSR count). The molecule has 0 aliphatic carbocycles. The largest absolute Gasteiger partial charge is 0.497 e. The summed E-state index contributed by atoms with van der Waals surface area (Å²) in [6.45, 7) is 8.23. The Morgan fingerprint density at radius 1 is 0.868 bits per heavy atom. The van der Waals surface area contributed by atoms with Crippen LogP contribution in [-0.2, 0) is 19.6 Å². The number of imidazole rings is 1. The molecule has 4 aromatic rings. The molecule has 12 nitrogen and oxygen atoms in total. The lowest BCUT2D eigenvalue weighted by Gasteiger charge is -2.18. The zero-order valence-corrected chi connectivity index (χ0v) is 21.7. The van der Waals surface area contributed by atoms with Crippen molar-refractivity contribution in [3.8, 4) is 11.6 Å². The molecule has 0 bridgehead atoms. The highest BCUT2D eigenvalue weighted by atomic mass is 16.5. The van der Waals surface area contributed by atoms with Gasteiger partial charge in [0, 0.05) is 19.6 Å². The third-order valence-corrected chi connectivity index (χ3v) is 5.94. The number of hydrogen-bond donors (Lipinski definition) is 5. The van der Waals surface area contributed by atoms with Crippen molar-refractivity contribution in [2.24, 2.45) is 0 Å². The third kappa shape index (κ3) is 7.23. The summed E-state index contributed by atoms with van der Waals surface area (Å²) in [5, 5.41) is 16.0. The second kappa shape index (κ2) is 12.6. The number of H-pyrrole nitrogens is 1. The Bertz CT molecular complexity index is 1360. The minimum absolute atomic E-state index is 0.121. The van der Waals surface area contributed by atoms with E-state index >= 15 is 0 Å². The van der Waals surface area contributed by atoms with Gasteiger partial charge in [-0.3, -0.25) is 15.3 Å². The molecular weight excluding hydrogens is 486 g/mol. The van der Waals surface area contributed by atoms with E-state index in [4.69, 9.17) is 4.74 Å². The molecule has 0 atom stereocenters. The first kappa shape index (κ1) is 26.5. The van der Waals surface area contributed by atoms with Crippen LogP contribution >= 0.6 is 0 Å². The summed E-state index contributed by atoms with van der Waals surface area (Å²) in [6, 6.07) is 16.1. The smallest absolute Gasteiger partial charge is 0.347 e. The zero-order chi connectivity index (χ0) is 26.9. The fraction of sp³-hybridized carbons (Fsp3) is 0.308. The molecule has 0 aliphatic heterocycles. The number of nitrogens with one attached hydrogen (secondary N) is 4. The van der Waals surface area contributed by atoms with Gasteiger partial charge in [-0.05, 0) is 41.9 Å². The van der Waals surface area contributed by atoms with Crippen molar-refractivity contribution in [2.75, 3.05) is 36.3 Å². The minimum Gasteiger partial charge on any atom is -0.497 e. The molecule has 38 heavy (non-hydrogen) atoms. The molecule has 0 saturated carbocycles. The van der Waals surface area contributed by atoms with Gasteiger partial charge >= 0.3 is 5.69 Å². The van der Waals surface area contributed by atoms with Gasteiger partial charge in [0.1, 0.15) is 5.75 Å². The lowest BCUT2D eigenvalue weighted by atomic mass is 10.1. The van der Waals surface area contributed by atoms with Crippen LogP contribution in [0.2, 0.25) is 0 Å². The monoisotopic (exact) mass is 519 g/mol. The lowest BCUT2D eigenvalue weighted by Crippen LogP contribution is -2.24. The van der Waals surface area contributed by atoms with Crippen LogP contribution in [0.1, 0.15) is 30.5 Å². The van der Waals surface area contributed by atoms with Crippen molar-refractivity contribution < 1.29 is 9.84 Å². The van der Waals surface area contributed by atoms with Crippen molar-refractivity contribution in [3.05, 3.63) is 81.9 Å². The Balaban J connectivity index is 1.48. The molecule has 2 aromatic heterocycles. The van der Waals surface area contributed by atoms with Crippen molar-refractivity contribution in [3.63, 3.8) is 0 Å². The van der Waals surface area contributed by atoms with Crippen LogP contribution in [0.4, 0.5) is 17.8 Å². The molecule has 0 unspecified atom stereocenters. The van der Waals surface area contributed by atoms with Crippen LogP contribution in [0.15, 0.2) is 59.5 Å². The van der Waals surface area contributed by atoms with Gasteiger partial charge in [0.05, 0.1) is 13.3 Å². The molecule has 0 aliphatic rings. The van der Waals surface area contributed by atoms with Gasteiger partial charge in [-0.1, -0.05) is 50.2 Å². The van der Waals surface area contributed by atoms with Crippen LogP contribution in [0.25, 0.3) is 0 Å². The van der Waals surface area contributed by atoms with Crippen LogP contribution < -0.4 is 26.5 Å². The van der Waals surface area contributed by atoms with E-state index in [0.29, 0.717) is 25.0 Å². The standard InChI is InChI=1S/C26H33N9O3/c1-4-34(5-2)16-20-8-6-18(7-9-20)14-27-23-30-24(28-15-19-10-12-21(38-3)13-11-19)32-25(31-23)33-35-17-22(36)29-26(35)37/h6-13,17,36H,4-5,14-16H2,1-3H3,(H,29,37)(H3,27,28,30,31,32,33). The highest BCUT2D eigenvalue weighted by Gasteiger charge is 2.10. The minimum atomic E-state index is -0.560. The number of ether oxygens (including phenoxy) is 1. The van der Waals surface area contributed by atoms with Crippen LogP contribution in [0, 0.1) is 0 Å². The predicted octanol–water partition coefficient (Wildman–Crippen LogP) is 3.02. The first-order valence-corrected chi connectivity index (χ1v) is 12.4. The Labute approximate surface area is 220 Å². The number of aromatic amines is 1. The second-order valence-corrected chi connectivity index (χ2v) is 8.57.